The lowest BCUT2D eigenvalue weighted by atomic mass is 10.2. The molecule has 0 bridgehead atoms. The lowest BCUT2D eigenvalue weighted by Crippen LogP contribution is -2.68. The fraction of sp³-hybridized carbons (Fsp3) is 0.409. The summed E-state index contributed by atoms with van der Waals surface area (Å²) in [6.45, 7) is 6.93. The first-order chi connectivity index (χ1) is 12.5. The largest absolute Gasteiger partial charge is 0.402 e. The summed E-state index contributed by atoms with van der Waals surface area (Å²) in [5.41, 5.74) is 0. The SMILES string of the molecule is CC(C)(C)[Si](O[C@@H]1CCC[C@@H]1N=C=S)(c1ccccc1)c1ccccc1. The van der Waals surface area contributed by atoms with Crippen molar-refractivity contribution in [2.45, 2.75) is 57.2 Å². The molecule has 0 aromatic heterocycles. The van der Waals surface area contributed by atoms with Crippen LogP contribution in [0.25, 0.3) is 0 Å². The topological polar surface area (TPSA) is 21.6 Å². The number of nitrogens with zero attached hydrogens (tertiary/aromatic N) is 1. The van der Waals surface area contributed by atoms with E-state index in [1.54, 1.807) is 0 Å². The van der Waals surface area contributed by atoms with Gasteiger partial charge in [0.2, 0.25) is 0 Å². The summed E-state index contributed by atoms with van der Waals surface area (Å²) in [7, 11) is -2.51. The third kappa shape index (κ3) is 3.60. The van der Waals surface area contributed by atoms with E-state index < -0.39 is 8.32 Å². The zero-order valence-corrected chi connectivity index (χ0v) is 17.6. The zero-order chi connectivity index (χ0) is 18.6. The molecular formula is C22H27NOSSi. The molecule has 2 aromatic carbocycles. The average molecular weight is 382 g/mol. The molecule has 2 aromatic rings. The van der Waals surface area contributed by atoms with Crippen molar-refractivity contribution in [3.63, 3.8) is 0 Å². The summed E-state index contributed by atoms with van der Waals surface area (Å²) < 4.78 is 7.16. The number of rotatable bonds is 5. The lowest BCUT2D eigenvalue weighted by molar-refractivity contribution is 0.179. The summed E-state index contributed by atoms with van der Waals surface area (Å²) in [6, 6.07) is 21.7. The second-order valence-electron chi connectivity index (χ2n) is 8.04. The number of aliphatic imine (C=N–C) groups is 1. The normalized spacial score (nSPS) is 20.6. The zero-order valence-electron chi connectivity index (χ0n) is 15.8. The van der Waals surface area contributed by atoms with E-state index in [1.807, 2.05) is 0 Å². The molecule has 3 rings (SSSR count). The minimum Gasteiger partial charge on any atom is -0.402 e. The van der Waals surface area contributed by atoms with Gasteiger partial charge in [-0.25, -0.2) is 4.99 Å². The summed E-state index contributed by atoms with van der Waals surface area (Å²) in [5.74, 6) is 0. The van der Waals surface area contributed by atoms with Gasteiger partial charge in [-0.05, 0) is 46.9 Å². The Balaban J connectivity index is 2.16. The van der Waals surface area contributed by atoms with Gasteiger partial charge < -0.3 is 4.43 Å². The van der Waals surface area contributed by atoms with Gasteiger partial charge in [-0.3, -0.25) is 0 Å². The first-order valence-electron chi connectivity index (χ1n) is 9.35. The molecule has 0 N–H and O–H groups in total. The minimum absolute atomic E-state index is 0.00968. The molecule has 2 atom stereocenters. The molecule has 136 valence electrons. The van der Waals surface area contributed by atoms with Crippen LogP contribution in [0.4, 0.5) is 0 Å². The number of hydrogen-bond donors (Lipinski definition) is 0. The molecule has 0 unspecified atom stereocenters. The number of isothiocyanates is 1. The summed E-state index contributed by atoms with van der Waals surface area (Å²) in [4.78, 5) is 4.42. The highest BCUT2D eigenvalue weighted by atomic mass is 32.1. The Kier molecular flexibility index (Phi) is 5.88. The summed E-state index contributed by atoms with van der Waals surface area (Å²) in [6.07, 6.45) is 3.31. The highest BCUT2D eigenvalue weighted by molar-refractivity contribution is 7.78. The molecule has 1 aliphatic rings. The Morgan fingerprint density at radius 1 is 0.962 bits per heavy atom. The van der Waals surface area contributed by atoms with E-state index in [9.17, 15) is 0 Å². The third-order valence-electron chi connectivity index (χ3n) is 5.38. The van der Waals surface area contributed by atoms with E-state index in [0.717, 1.165) is 19.3 Å². The van der Waals surface area contributed by atoms with Crippen molar-refractivity contribution in [2.75, 3.05) is 0 Å². The molecule has 4 heteroatoms. The Labute approximate surface area is 163 Å². The Morgan fingerprint density at radius 2 is 1.50 bits per heavy atom. The average Bonchev–Trinajstić information content (AvgIpc) is 3.07. The molecule has 0 aliphatic heterocycles. The van der Waals surface area contributed by atoms with Gasteiger partial charge in [0.05, 0.1) is 17.3 Å². The standard InChI is InChI=1S/C22H27NOSSi/c1-22(2,3)26(18-11-6-4-7-12-18,19-13-8-5-9-14-19)24-21-16-10-15-20(21)23-17-25/h4-9,11-14,20-21H,10,15-16H2,1-3H3/t20-,21+/m0/s1. The molecule has 1 aliphatic carbocycles. The van der Waals surface area contributed by atoms with Gasteiger partial charge in [-0.15, -0.1) is 0 Å². The van der Waals surface area contributed by atoms with Crippen LogP contribution in [0.15, 0.2) is 65.7 Å². The summed E-state index contributed by atoms with van der Waals surface area (Å²) in [5, 5.41) is 5.21. The van der Waals surface area contributed by atoms with Gasteiger partial charge in [-0.1, -0.05) is 81.4 Å². The number of benzene rings is 2. The number of hydrogen-bond acceptors (Lipinski definition) is 3. The predicted molar refractivity (Wildman–Crippen MR) is 115 cm³/mol. The van der Waals surface area contributed by atoms with Crippen molar-refractivity contribution in [2.24, 2.45) is 4.99 Å². The van der Waals surface area contributed by atoms with E-state index in [-0.39, 0.29) is 17.2 Å². The highest BCUT2D eigenvalue weighted by Crippen LogP contribution is 2.40. The maximum Gasteiger partial charge on any atom is 0.261 e. The Morgan fingerprint density at radius 3 is 1.96 bits per heavy atom. The van der Waals surface area contributed by atoms with Gasteiger partial charge in [0, 0.05) is 0 Å². The van der Waals surface area contributed by atoms with Crippen LogP contribution in [0.5, 0.6) is 0 Å². The molecule has 1 fully saturated rings. The number of thiocarbonyl (C=S) groups is 1. The van der Waals surface area contributed by atoms with Crippen LogP contribution in [0.3, 0.4) is 0 Å². The van der Waals surface area contributed by atoms with Crippen molar-refractivity contribution in [1.29, 1.82) is 0 Å². The molecule has 2 nitrogen and oxygen atoms in total. The Hall–Kier alpha value is -1.58. The molecule has 0 radical (unpaired) electrons. The molecule has 26 heavy (non-hydrogen) atoms. The minimum atomic E-state index is -2.51. The molecule has 1 saturated carbocycles. The quantitative estimate of drug-likeness (QED) is 0.429. The first-order valence-corrected chi connectivity index (χ1v) is 11.7. The second-order valence-corrected chi connectivity index (χ2v) is 12.5. The van der Waals surface area contributed by atoms with Crippen LogP contribution in [0, 0.1) is 0 Å². The summed E-state index contributed by atoms with van der Waals surface area (Å²) >= 11 is 4.88. The van der Waals surface area contributed by atoms with Crippen LogP contribution in [0.2, 0.25) is 5.04 Å². The van der Waals surface area contributed by atoms with E-state index in [2.05, 4.69) is 91.6 Å². The molecule has 0 amide bonds. The van der Waals surface area contributed by atoms with Crippen LogP contribution >= 0.6 is 12.2 Å². The molecule has 0 heterocycles. The van der Waals surface area contributed by atoms with E-state index >= 15 is 0 Å². The van der Waals surface area contributed by atoms with Crippen molar-refractivity contribution in [1.82, 2.24) is 0 Å². The van der Waals surface area contributed by atoms with Crippen molar-refractivity contribution in [3.8, 4) is 0 Å². The third-order valence-corrected chi connectivity index (χ3v) is 10.5. The smallest absolute Gasteiger partial charge is 0.261 e. The van der Waals surface area contributed by atoms with E-state index in [1.165, 1.54) is 10.4 Å². The van der Waals surface area contributed by atoms with Crippen molar-refractivity contribution in [3.05, 3.63) is 60.7 Å². The van der Waals surface area contributed by atoms with E-state index in [0.29, 0.717) is 0 Å². The molecule has 0 spiro atoms. The van der Waals surface area contributed by atoms with Crippen LogP contribution in [-0.2, 0) is 4.43 Å². The highest BCUT2D eigenvalue weighted by Gasteiger charge is 2.52. The Bertz CT molecular complexity index is 726. The van der Waals surface area contributed by atoms with Gasteiger partial charge in [0.1, 0.15) is 0 Å². The second kappa shape index (κ2) is 7.97. The lowest BCUT2D eigenvalue weighted by Gasteiger charge is -2.45. The van der Waals surface area contributed by atoms with Crippen molar-refractivity contribution >= 4 is 36.1 Å². The maximum absolute atomic E-state index is 7.16. The van der Waals surface area contributed by atoms with E-state index in [4.69, 9.17) is 16.6 Å². The van der Waals surface area contributed by atoms with Crippen molar-refractivity contribution < 1.29 is 4.43 Å². The van der Waals surface area contributed by atoms with Crippen LogP contribution in [-0.4, -0.2) is 25.6 Å². The fourth-order valence-corrected chi connectivity index (χ4v) is 9.06. The van der Waals surface area contributed by atoms with Crippen LogP contribution < -0.4 is 10.4 Å². The first kappa shape index (κ1) is 19.2. The predicted octanol–water partition coefficient (Wildman–Crippen LogP) is 4.59. The van der Waals surface area contributed by atoms with Gasteiger partial charge in [-0.2, -0.15) is 0 Å². The molecular weight excluding hydrogens is 354 g/mol. The maximum atomic E-state index is 7.16. The van der Waals surface area contributed by atoms with Gasteiger partial charge in [0.25, 0.3) is 8.32 Å². The fourth-order valence-electron chi connectivity index (χ4n) is 4.18. The molecule has 0 saturated heterocycles. The van der Waals surface area contributed by atoms with Gasteiger partial charge in [0.15, 0.2) is 0 Å². The monoisotopic (exact) mass is 381 g/mol. The van der Waals surface area contributed by atoms with Crippen LogP contribution in [0.1, 0.15) is 40.0 Å². The van der Waals surface area contributed by atoms with Gasteiger partial charge >= 0.3 is 0 Å².